The molecular formula is C14H18F3N3O2. The first kappa shape index (κ1) is 16.4. The van der Waals surface area contributed by atoms with Gasteiger partial charge in [-0.15, -0.1) is 0 Å². The van der Waals surface area contributed by atoms with E-state index in [2.05, 4.69) is 10.3 Å². The van der Waals surface area contributed by atoms with Crippen molar-refractivity contribution in [1.29, 1.82) is 0 Å². The molecule has 0 saturated carbocycles. The molecular weight excluding hydrogens is 299 g/mol. The minimum Gasteiger partial charge on any atom is -0.471 e. The van der Waals surface area contributed by atoms with Crippen molar-refractivity contribution in [2.45, 2.75) is 38.6 Å². The van der Waals surface area contributed by atoms with Crippen LogP contribution in [0.1, 0.15) is 26.3 Å². The zero-order valence-electron chi connectivity index (χ0n) is 12.6. The number of nitrogens with zero attached hydrogens (tertiary/aromatic N) is 2. The van der Waals surface area contributed by atoms with Crippen molar-refractivity contribution in [3.8, 4) is 5.88 Å². The molecule has 5 nitrogen and oxygen atoms in total. The predicted molar refractivity (Wildman–Crippen MR) is 73.5 cm³/mol. The van der Waals surface area contributed by atoms with Crippen LogP contribution in [0.5, 0.6) is 5.88 Å². The Labute approximate surface area is 126 Å². The molecule has 0 unspecified atom stereocenters. The van der Waals surface area contributed by atoms with Gasteiger partial charge in [-0.25, -0.2) is 9.78 Å². The fourth-order valence-corrected chi connectivity index (χ4v) is 1.90. The van der Waals surface area contributed by atoms with E-state index in [0.29, 0.717) is 13.1 Å². The number of ether oxygens (including phenoxy) is 1. The monoisotopic (exact) mass is 317 g/mol. The summed E-state index contributed by atoms with van der Waals surface area (Å²) in [5.41, 5.74) is -1.15. The third kappa shape index (κ3) is 4.25. The van der Waals surface area contributed by atoms with Crippen LogP contribution in [-0.2, 0) is 6.18 Å². The summed E-state index contributed by atoms with van der Waals surface area (Å²) in [6.07, 6.45) is -3.72. The number of halogens is 3. The van der Waals surface area contributed by atoms with Gasteiger partial charge in [-0.3, -0.25) is 0 Å². The summed E-state index contributed by atoms with van der Waals surface area (Å²) in [4.78, 5) is 17.1. The fourth-order valence-electron chi connectivity index (χ4n) is 1.90. The first-order valence-electron chi connectivity index (χ1n) is 6.81. The van der Waals surface area contributed by atoms with Gasteiger partial charge in [0.05, 0.1) is 18.7 Å². The molecule has 2 rings (SSSR count). The molecule has 22 heavy (non-hydrogen) atoms. The van der Waals surface area contributed by atoms with Gasteiger partial charge >= 0.3 is 12.2 Å². The van der Waals surface area contributed by atoms with E-state index in [-0.39, 0.29) is 23.6 Å². The van der Waals surface area contributed by atoms with Crippen LogP contribution in [0.4, 0.5) is 18.0 Å². The molecule has 0 aromatic carbocycles. The molecule has 1 aliphatic rings. The molecule has 1 aromatic heterocycles. The van der Waals surface area contributed by atoms with Gasteiger partial charge in [0.25, 0.3) is 0 Å². The molecule has 2 heterocycles. The number of alkyl halides is 3. The Morgan fingerprint density at radius 3 is 2.55 bits per heavy atom. The van der Waals surface area contributed by atoms with E-state index < -0.39 is 11.7 Å². The number of rotatable bonds is 2. The maximum atomic E-state index is 12.6. The number of hydrogen-bond donors (Lipinski definition) is 1. The molecule has 0 bridgehead atoms. The highest BCUT2D eigenvalue weighted by molar-refractivity contribution is 5.75. The van der Waals surface area contributed by atoms with Crippen LogP contribution < -0.4 is 10.1 Å². The second-order valence-electron chi connectivity index (χ2n) is 6.21. The molecule has 8 heteroatoms. The Kier molecular flexibility index (Phi) is 4.21. The SMILES string of the molecule is CC(C)(C)NC(=O)N1CC(Oc2cc(C(F)(F)F)ccn2)C1. The average molecular weight is 317 g/mol. The molecule has 0 spiro atoms. The quantitative estimate of drug-likeness (QED) is 0.912. The zero-order chi connectivity index (χ0) is 16.5. The van der Waals surface area contributed by atoms with Crippen molar-refractivity contribution in [1.82, 2.24) is 15.2 Å². The highest BCUT2D eigenvalue weighted by Gasteiger charge is 2.35. The highest BCUT2D eigenvalue weighted by Crippen LogP contribution is 2.30. The van der Waals surface area contributed by atoms with Crippen LogP contribution in [0.15, 0.2) is 18.3 Å². The molecule has 2 amide bonds. The molecule has 1 fully saturated rings. The van der Waals surface area contributed by atoms with Crippen molar-refractivity contribution < 1.29 is 22.7 Å². The van der Waals surface area contributed by atoms with Crippen molar-refractivity contribution >= 4 is 6.03 Å². The molecule has 1 N–H and O–H groups in total. The van der Waals surface area contributed by atoms with E-state index in [1.807, 2.05) is 20.8 Å². The lowest BCUT2D eigenvalue weighted by atomic mass is 10.1. The standard InChI is InChI=1S/C14H18F3N3O2/c1-13(2,3)19-12(21)20-7-10(8-20)22-11-6-9(4-5-18-11)14(15,16)17/h4-6,10H,7-8H2,1-3H3,(H,19,21). The molecule has 122 valence electrons. The Hall–Kier alpha value is -1.99. The van der Waals surface area contributed by atoms with Gasteiger partial charge in [0.1, 0.15) is 6.10 Å². The van der Waals surface area contributed by atoms with E-state index in [1.165, 1.54) is 4.90 Å². The predicted octanol–water partition coefficient (Wildman–Crippen LogP) is 2.67. The van der Waals surface area contributed by atoms with E-state index >= 15 is 0 Å². The first-order chi connectivity index (χ1) is 10.0. The minimum absolute atomic E-state index is 0.0873. The van der Waals surface area contributed by atoms with Crippen LogP contribution in [0.2, 0.25) is 0 Å². The van der Waals surface area contributed by atoms with Crippen LogP contribution in [-0.4, -0.2) is 40.6 Å². The van der Waals surface area contributed by atoms with Crippen LogP contribution >= 0.6 is 0 Å². The van der Waals surface area contributed by atoms with Crippen LogP contribution in [0.25, 0.3) is 0 Å². The number of urea groups is 1. The van der Waals surface area contributed by atoms with Gasteiger partial charge in [-0.05, 0) is 26.8 Å². The van der Waals surface area contributed by atoms with Gasteiger partial charge in [-0.1, -0.05) is 0 Å². The average Bonchev–Trinajstić information content (AvgIpc) is 2.30. The number of nitrogens with one attached hydrogen (secondary N) is 1. The van der Waals surface area contributed by atoms with E-state index in [1.54, 1.807) is 0 Å². The number of likely N-dealkylation sites (tertiary alicyclic amines) is 1. The normalized spacial score (nSPS) is 16.2. The number of aromatic nitrogens is 1. The van der Waals surface area contributed by atoms with E-state index in [0.717, 1.165) is 18.3 Å². The van der Waals surface area contributed by atoms with Gasteiger partial charge in [0.2, 0.25) is 5.88 Å². The van der Waals surface area contributed by atoms with Crippen molar-refractivity contribution in [2.24, 2.45) is 0 Å². The number of carbonyl (C=O) groups is 1. The molecule has 0 atom stereocenters. The number of pyridine rings is 1. The van der Waals surface area contributed by atoms with Crippen LogP contribution in [0.3, 0.4) is 0 Å². The zero-order valence-corrected chi connectivity index (χ0v) is 12.6. The lowest BCUT2D eigenvalue weighted by Crippen LogP contribution is -2.61. The van der Waals surface area contributed by atoms with Crippen molar-refractivity contribution in [3.05, 3.63) is 23.9 Å². The van der Waals surface area contributed by atoms with Crippen molar-refractivity contribution in [2.75, 3.05) is 13.1 Å². The Morgan fingerprint density at radius 2 is 2.00 bits per heavy atom. The largest absolute Gasteiger partial charge is 0.471 e. The summed E-state index contributed by atoms with van der Waals surface area (Å²) in [5, 5.41) is 2.80. The molecule has 1 aromatic rings. The summed E-state index contributed by atoms with van der Waals surface area (Å²) in [5.74, 6) is -0.0873. The third-order valence-electron chi connectivity index (χ3n) is 2.97. The Morgan fingerprint density at radius 1 is 1.36 bits per heavy atom. The molecule has 1 aliphatic heterocycles. The molecule has 1 saturated heterocycles. The molecule has 0 radical (unpaired) electrons. The highest BCUT2D eigenvalue weighted by atomic mass is 19.4. The number of carbonyl (C=O) groups excluding carboxylic acids is 1. The topological polar surface area (TPSA) is 54.5 Å². The third-order valence-corrected chi connectivity index (χ3v) is 2.97. The van der Waals surface area contributed by atoms with Gasteiger partial charge < -0.3 is 15.0 Å². The lowest BCUT2D eigenvalue weighted by Gasteiger charge is -2.40. The molecule has 0 aliphatic carbocycles. The summed E-state index contributed by atoms with van der Waals surface area (Å²) in [6, 6.07) is 1.53. The summed E-state index contributed by atoms with van der Waals surface area (Å²) in [7, 11) is 0. The summed E-state index contributed by atoms with van der Waals surface area (Å²) >= 11 is 0. The number of amides is 2. The summed E-state index contributed by atoms with van der Waals surface area (Å²) < 4.78 is 43.1. The maximum Gasteiger partial charge on any atom is 0.416 e. The minimum atomic E-state index is -4.43. The maximum absolute atomic E-state index is 12.6. The second kappa shape index (κ2) is 5.66. The number of hydrogen-bond acceptors (Lipinski definition) is 3. The second-order valence-corrected chi connectivity index (χ2v) is 6.21. The van der Waals surface area contributed by atoms with Gasteiger partial charge in [0.15, 0.2) is 0 Å². The lowest BCUT2D eigenvalue weighted by molar-refractivity contribution is -0.137. The fraction of sp³-hybridized carbons (Fsp3) is 0.571. The van der Waals surface area contributed by atoms with Crippen molar-refractivity contribution in [3.63, 3.8) is 0 Å². The Balaban J connectivity index is 1.87. The van der Waals surface area contributed by atoms with Crippen LogP contribution in [0, 0.1) is 0 Å². The first-order valence-corrected chi connectivity index (χ1v) is 6.81. The summed E-state index contributed by atoms with van der Waals surface area (Å²) in [6.45, 7) is 6.24. The van der Waals surface area contributed by atoms with E-state index in [9.17, 15) is 18.0 Å². The smallest absolute Gasteiger partial charge is 0.416 e. The van der Waals surface area contributed by atoms with Gasteiger partial charge in [0, 0.05) is 17.8 Å². The Bertz CT molecular complexity index is 549. The van der Waals surface area contributed by atoms with E-state index in [4.69, 9.17) is 4.74 Å². The van der Waals surface area contributed by atoms with Gasteiger partial charge in [-0.2, -0.15) is 13.2 Å².